The summed E-state index contributed by atoms with van der Waals surface area (Å²) in [6.45, 7) is 11.4. The minimum Gasteiger partial charge on any atom is -0.386 e. The molecule has 3 rings (SSSR count). The van der Waals surface area contributed by atoms with Gasteiger partial charge in [0.25, 0.3) is 0 Å². The van der Waals surface area contributed by atoms with Crippen molar-refractivity contribution in [1.29, 1.82) is 0 Å². The summed E-state index contributed by atoms with van der Waals surface area (Å²) in [5.41, 5.74) is 1.09. The summed E-state index contributed by atoms with van der Waals surface area (Å²) in [4.78, 5) is 13.1. The molecule has 1 saturated heterocycles. The number of piperazine rings is 1. The Hall–Kier alpha value is -2.26. The van der Waals surface area contributed by atoms with E-state index in [-0.39, 0.29) is 16.9 Å². The second-order valence-corrected chi connectivity index (χ2v) is 11.0. The fourth-order valence-corrected chi connectivity index (χ4v) is 4.79. The Morgan fingerprint density at radius 3 is 2.48 bits per heavy atom. The third-order valence-corrected chi connectivity index (χ3v) is 6.86. The van der Waals surface area contributed by atoms with Gasteiger partial charge in [-0.25, -0.2) is 22.8 Å². The van der Waals surface area contributed by atoms with Crippen LogP contribution in [0, 0.1) is 18.7 Å². The highest BCUT2D eigenvalue weighted by Crippen LogP contribution is 2.29. The Morgan fingerprint density at radius 2 is 1.94 bits per heavy atom. The lowest BCUT2D eigenvalue weighted by Crippen LogP contribution is -2.56. The van der Waals surface area contributed by atoms with Crippen molar-refractivity contribution in [2.24, 2.45) is 5.92 Å². The van der Waals surface area contributed by atoms with Crippen LogP contribution in [-0.2, 0) is 15.4 Å². The SMILES string of the molecule is Cc1nc(N2CCN(c3ccc(F)c(S(C)(=O)=O)c3)C[C@H]2C(C)C)ncc1C(C)(C)O. The summed E-state index contributed by atoms with van der Waals surface area (Å²) in [7, 11) is -3.65. The van der Waals surface area contributed by atoms with Crippen LogP contribution < -0.4 is 9.80 Å². The monoisotopic (exact) mass is 450 g/mol. The zero-order valence-electron chi connectivity index (χ0n) is 18.9. The number of aliphatic hydroxyl groups is 1. The zero-order valence-corrected chi connectivity index (χ0v) is 19.7. The van der Waals surface area contributed by atoms with Crippen molar-refractivity contribution in [3.05, 3.63) is 41.5 Å². The number of aromatic nitrogens is 2. The molecule has 1 aliphatic rings. The van der Waals surface area contributed by atoms with Gasteiger partial charge in [0.1, 0.15) is 10.7 Å². The molecule has 2 aromatic rings. The molecule has 7 nitrogen and oxygen atoms in total. The molecule has 1 aliphatic heterocycles. The largest absolute Gasteiger partial charge is 0.386 e. The van der Waals surface area contributed by atoms with Gasteiger partial charge in [0.15, 0.2) is 9.84 Å². The molecule has 0 saturated carbocycles. The normalized spacial score (nSPS) is 18.0. The number of hydrogen-bond acceptors (Lipinski definition) is 7. The second kappa shape index (κ2) is 8.35. The summed E-state index contributed by atoms with van der Waals surface area (Å²) in [5.74, 6) is 0.149. The molecule has 0 unspecified atom stereocenters. The van der Waals surface area contributed by atoms with Crippen molar-refractivity contribution in [3.8, 4) is 0 Å². The molecular formula is C22H31FN4O3S. The first-order valence-corrected chi connectivity index (χ1v) is 12.3. The molecule has 2 heterocycles. The molecule has 0 bridgehead atoms. The number of anilines is 2. The Balaban J connectivity index is 1.90. The summed E-state index contributed by atoms with van der Waals surface area (Å²) in [6, 6.07) is 4.32. The van der Waals surface area contributed by atoms with E-state index in [1.54, 1.807) is 26.1 Å². The molecule has 0 radical (unpaired) electrons. The third-order valence-electron chi connectivity index (χ3n) is 5.75. The van der Waals surface area contributed by atoms with Crippen molar-refractivity contribution in [2.45, 2.75) is 51.2 Å². The summed E-state index contributed by atoms with van der Waals surface area (Å²) < 4.78 is 37.9. The number of rotatable bonds is 5. The van der Waals surface area contributed by atoms with Gasteiger partial charge in [-0.3, -0.25) is 0 Å². The van der Waals surface area contributed by atoms with Crippen LogP contribution in [0.15, 0.2) is 29.3 Å². The Morgan fingerprint density at radius 1 is 1.26 bits per heavy atom. The summed E-state index contributed by atoms with van der Waals surface area (Å²) in [6.07, 6.45) is 2.70. The number of nitrogens with zero attached hydrogens (tertiary/aromatic N) is 4. The van der Waals surface area contributed by atoms with Gasteiger partial charge >= 0.3 is 0 Å². The first-order chi connectivity index (χ1) is 14.3. The van der Waals surface area contributed by atoms with Gasteiger partial charge in [-0.05, 0) is 44.9 Å². The van der Waals surface area contributed by atoms with E-state index in [1.807, 2.05) is 6.92 Å². The lowest BCUT2D eigenvalue weighted by atomic mass is 9.98. The maximum atomic E-state index is 14.0. The number of halogens is 1. The quantitative estimate of drug-likeness (QED) is 0.749. The van der Waals surface area contributed by atoms with E-state index in [0.717, 1.165) is 11.9 Å². The van der Waals surface area contributed by atoms with Gasteiger partial charge in [-0.2, -0.15) is 0 Å². The highest BCUT2D eigenvalue weighted by molar-refractivity contribution is 7.90. The van der Waals surface area contributed by atoms with Gasteiger partial charge in [-0.1, -0.05) is 13.8 Å². The summed E-state index contributed by atoms with van der Waals surface area (Å²) >= 11 is 0. The molecule has 31 heavy (non-hydrogen) atoms. The van der Waals surface area contributed by atoms with Gasteiger partial charge in [0.2, 0.25) is 5.95 Å². The number of sulfone groups is 1. The fourth-order valence-electron chi connectivity index (χ4n) is 4.03. The fraction of sp³-hybridized carbons (Fsp3) is 0.545. The zero-order chi connectivity index (χ0) is 23.1. The Kier molecular flexibility index (Phi) is 6.30. The standard InChI is InChI=1S/C22H31FN4O3S/c1-14(2)19-13-26(16-7-8-18(23)20(11-16)31(6,29)30)9-10-27(19)21-24-12-17(15(3)25-21)22(4,5)28/h7-8,11-12,14,19,28H,9-10,13H2,1-6H3/t19-/m0/s1. The van der Waals surface area contributed by atoms with E-state index < -0.39 is 21.3 Å². The van der Waals surface area contributed by atoms with Gasteiger partial charge < -0.3 is 14.9 Å². The molecule has 1 fully saturated rings. The van der Waals surface area contributed by atoms with Gasteiger partial charge in [0.05, 0.1) is 11.6 Å². The molecule has 1 aromatic heterocycles. The van der Waals surface area contributed by atoms with Crippen LogP contribution in [0.4, 0.5) is 16.0 Å². The van der Waals surface area contributed by atoms with Crippen LogP contribution in [0.2, 0.25) is 0 Å². The molecule has 170 valence electrons. The van der Waals surface area contributed by atoms with Crippen LogP contribution in [0.3, 0.4) is 0 Å². The highest BCUT2D eigenvalue weighted by Gasteiger charge is 2.32. The minimum absolute atomic E-state index is 0.0767. The van der Waals surface area contributed by atoms with Crippen molar-refractivity contribution in [2.75, 3.05) is 35.7 Å². The molecule has 1 atom stereocenters. The van der Waals surface area contributed by atoms with Crippen LogP contribution in [0.5, 0.6) is 0 Å². The second-order valence-electron chi connectivity index (χ2n) is 9.07. The molecule has 9 heteroatoms. The predicted octanol–water partition coefficient (Wildman–Crippen LogP) is 2.91. The van der Waals surface area contributed by atoms with Crippen LogP contribution in [0.1, 0.15) is 39.0 Å². The van der Waals surface area contributed by atoms with E-state index in [0.29, 0.717) is 36.8 Å². The van der Waals surface area contributed by atoms with E-state index in [4.69, 9.17) is 0 Å². The lowest BCUT2D eigenvalue weighted by molar-refractivity contribution is 0.0771. The first-order valence-electron chi connectivity index (χ1n) is 10.4. The van der Waals surface area contributed by atoms with E-state index in [2.05, 4.69) is 33.6 Å². The van der Waals surface area contributed by atoms with Crippen molar-refractivity contribution in [3.63, 3.8) is 0 Å². The van der Waals surface area contributed by atoms with Crippen LogP contribution in [0.25, 0.3) is 0 Å². The molecule has 0 spiro atoms. The molecular weight excluding hydrogens is 419 g/mol. The highest BCUT2D eigenvalue weighted by atomic mass is 32.2. The lowest BCUT2D eigenvalue weighted by Gasteiger charge is -2.44. The molecule has 0 amide bonds. The van der Waals surface area contributed by atoms with E-state index >= 15 is 0 Å². The smallest absolute Gasteiger partial charge is 0.225 e. The number of benzene rings is 1. The maximum absolute atomic E-state index is 14.0. The Labute approximate surface area is 183 Å². The summed E-state index contributed by atoms with van der Waals surface area (Å²) in [5, 5.41) is 10.3. The van der Waals surface area contributed by atoms with Crippen molar-refractivity contribution in [1.82, 2.24) is 9.97 Å². The topological polar surface area (TPSA) is 86.6 Å². The third kappa shape index (κ3) is 4.98. The Bertz CT molecular complexity index is 1070. The molecule has 1 N–H and O–H groups in total. The molecule has 1 aromatic carbocycles. The van der Waals surface area contributed by atoms with E-state index in [9.17, 15) is 17.9 Å². The maximum Gasteiger partial charge on any atom is 0.225 e. The van der Waals surface area contributed by atoms with Crippen LogP contribution >= 0.6 is 0 Å². The minimum atomic E-state index is -3.65. The van der Waals surface area contributed by atoms with Crippen molar-refractivity contribution < 1.29 is 17.9 Å². The molecule has 0 aliphatic carbocycles. The average Bonchev–Trinajstić information content (AvgIpc) is 2.66. The number of aryl methyl sites for hydroxylation is 1. The predicted molar refractivity (Wildman–Crippen MR) is 120 cm³/mol. The number of hydrogen-bond donors (Lipinski definition) is 1. The van der Waals surface area contributed by atoms with E-state index in [1.165, 1.54) is 12.1 Å². The van der Waals surface area contributed by atoms with Crippen molar-refractivity contribution >= 4 is 21.5 Å². The first kappa shape index (κ1) is 23.4. The van der Waals surface area contributed by atoms with Gasteiger partial charge in [0, 0.05) is 49.0 Å². The van der Waals surface area contributed by atoms with Gasteiger partial charge in [-0.15, -0.1) is 0 Å². The van der Waals surface area contributed by atoms with Crippen LogP contribution in [-0.4, -0.2) is 55.4 Å². The average molecular weight is 451 g/mol.